The fourth-order valence-electron chi connectivity index (χ4n) is 3.49. The van der Waals surface area contributed by atoms with Gasteiger partial charge in [-0.1, -0.05) is 31.4 Å². The predicted octanol–water partition coefficient (Wildman–Crippen LogP) is 4.02. The van der Waals surface area contributed by atoms with Gasteiger partial charge in [0.2, 0.25) is 0 Å². The van der Waals surface area contributed by atoms with Crippen molar-refractivity contribution in [2.75, 3.05) is 13.2 Å². The average molecular weight is 404 g/mol. The first-order valence-corrected chi connectivity index (χ1v) is 10.5. The number of thiophene rings is 1. The van der Waals surface area contributed by atoms with Crippen LogP contribution in [0.15, 0.2) is 24.3 Å². The molecular weight excluding hydrogens is 378 g/mol. The Labute approximate surface area is 167 Å². The normalized spacial score (nSPS) is 14.7. The van der Waals surface area contributed by atoms with Crippen molar-refractivity contribution in [3.8, 4) is 5.75 Å². The monoisotopic (exact) mass is 403 g/mol. The molecule has 150 valence electrons. The van der Waals surface area contributed by atoms with Crippen molar-refractivity contribution in [3.63, 3.8) is 0 Å². The molecule has 2 aromatic rings. The van der Waals surface area contributed by atoms with E-state index in [2.05, 4.69) is 5.32 Å². The van der Waals surface area contributed by atoms with Crippen LogP contribution >= 0.6 is 11.3 Å². The summed E-state index contributed by atoms with van der Waals surface area (Å²) < 4.78 is 6.62. The van der Waals surface area contributed by atoms with Gasteiger partial charge in [-0.15, -0.1) is 11.3 Å². The summed E-state index contributed by atoms with van der Waals surface area (Å²) in [6.07, 6.45) is 5.70. The predicted molar refractivity (Wildman–Crippen MR) is 108 cm³/mol. The molecule has 1 saturated carbocycles. The molecule has 0 spiro atoms. The highest BCUT2D eigenvalue weighted by atomic mass is 32.1. The number of hydrogen-bond donors (Lipinski definition) is 2. The molecule has 1 amide bonds. The second-order valence-electron chi connectivity index (χ2n) is 7.19. The summed E-state index contributed by atoms with van der Waals surface area (Å²) >= 11 is 1.35. The minimum atomic E-state index is -1.02. The number of ether oxygens (including phenoxy) is 1. The highest BCUT2D eigenvalue weighted by Gasteiger charge is 2.22. The number of ketones is 1. The lowest BCUT2D eigenvalue weighted by Gasteiger charge is -2.21. The van der Waals surface area contributed by atoms with Gasteiger partial charge in [-0.05, 0) is 30.9 Å². The first kappa shape index (κ1) is 20.3. The number of aliphatic carboxylic acids is 1. The molecule has 0 unspecified atom stereocenters. The quantitative estimate of drug-likeness (QED) is 0.660. The van der Waals surface area contributed by atoms with Gasteiger partial charge >= 0.3 is 5.97 Å². The topological polar surface area (TPSA) is 92.7 Å². The van der Waals surface area contributed by atoms with Crippen molar-refractivity contribution in [1.82, 2.24) is 5.32 Å². The number of carboxylic acids is 1. The molecule has 0 bridgehead atoms. The van der Waals surface area contributed by atoms with E-state index in [9.17, 15) is 14.4 Å². The molecule has 1 aliphatic carbocycles. The van der Waals surface area contributed by atoms with Gasteiger partial charge in [-0.2, -0.15) is 0 Å². The molecule has 28 heavy (non-hydrogen) atoms. The Morgan fingerprint density at radius 1 is 1.11 bits per heavy atom. The van der Waals surface area contributed by atoms with Gasteiger partial charge in [0.15, 0.2) is 11.5 Å². The SMILES string of the molecule is O=C(O)CCC(=O)COc1c(C(=O)NCC2CCCCC2)sc2ccccc12. The number of fused-ring (bicyclic) bond motifs is 1. The Bertz CT molecular complexity index is 854. The summed E-state index contributed by atoms with van der Waals surface area (Å²) in [6, 6.07) is 7.53. The van der Waals surface area contributed by atoms with Crippen LogP contribution in [0.25, 0.3) is 10.1 Å². The van der Waals surface area contributed by atoms with Gasteiger partial charge in [0.25, 0.3) is 5.91 Å². The Kier molecular flexibility index (Phi) is 7.03. The maximum Gasteiger partial charge on any atom is 0.303 e. The van der Waals surface area contributed by atoms with Crippen molar-refractivity contribution in [3.05, 3.63) is 29.1 Å². The molecule has 1 aliphatic rings. The Morgan fingerprint density at radius 3 is 2.61 bits per heavy atom. The number of nitrogens with one attached hydrogen (secondary N) is 1. The van der Waals surface area contributed by atoms with E-state index in [1.54, 1.807) is 0 Å². The van der Waals surface area contributed by atoms with E-state index < -0.39 is 5.97 Å². The maximum absolute atomic E-state index is 12.8. The van der Waals surface area contributed by atoms with Gasteiger partial charge in [0, 0.05) is 23.1 Å². The van der Waals surface area contributed by atoms with Gasteiger partial charge in [0.1, 0.15) is 11.5 Å². The number of hydrogen-bond acceptors (Lipinski definition) is 5. The highest BCUT2D eigenvalue weighted by molar-refractivity contribution is 7.21. The molecule has 1 aromatic heterocycles. The molecule has 2 N–H and O–H groups in total. The molecule has 0 saturated heterocycles. The van der Waals surface area contributed by atoms with Gasteiger partial charge in [-0.3, -0.25) is 14.4 Å². The molecule has 3 rings (SSSR count). The van der Waals surface area contributed by atoms with E-state index in [4.69, 9.17) is 9.84 Å². The molecule has 6 nitrogen and oxygen atoms in total. The number of benzene rings is 1. The first-order valence-electron chi connectivity index (χ1n) is 9.70. The van der Waals surface area contributed by atoms with Gasteiger partial charge in [-0.25, -0.2) is 0 Å². The number of carbonyl (C=O) groups excluding carboxylic acids is 2. The zero-order chi connectivity index (χ0) is 19.9. The molecule has 1 aromatic carbocycles. The van der Waals surface area contributed by atoms with Crippen LogP contribution in [0.2, 0.25) is 0 Å². The zero-order valence-electron chi connectivity index (χ0n) is 15.7. The number of amides is 1. The lowest BCUT2D eigenvalue weighted by molar-refractivity contribution is -0.138. The van der Waals surface area contributed by atoms with Crippen molar-refractivity contribution >= 4 is 39.1 Å². The number of rotatable bonds is 9. The molecule has 1 heterocycles. The van der Waals surface area contributed by atoms with Crippen molar-refractivity contribution in [2.45, 2.75) is 44.9 Å². The average Bonchev–Trinajstić information content (AvgIpc) is 3.08. The Hall–Kier alpha value is -2.41. The summed E-state index contributed by atoms with van der Waals surface area (Å²) in [5.74, 6) is -0.567. The summed E-state index contributed by atoms with van der Waals surface area (Å²) in [7, 11) is 0. The zero-order valence-corrected chi connectivity index (χ0v) is 16.6. The minimum Gasteiger partial charge on any atom is -0.483 e. The van der Waals surface area contributed by atoms with Crippen LogP contribution in [0, 0.1) is 5.92 Å². The second-order valence-corrected chi connectivity index (χ2v) is 8.24. The minimum absolute atomic E-state index is 0.0827. The van der Waals surface area contributed by atoms with Crippen LogP contribution in [-0.4, -0.2) is 35.9 Å². The number of carboxylic acid groups (broad SMARTS) is 1. The van der Waals surface area contributed by atoms with Crippen molar-refractivity contribution < 1.29 is 24.2 Å². The number of carbonyl (C=O) groups is 3. The smallest absolute Gasteiger partial charge is 0.303 e. The summed E-state index contributed by atoms with van der Waals surface area (Å²) in [5, 5.41) is 12.5. The van der Waals surface area contributed by atoms with E-state index >= 15 is 0 Å². The molecule has 1 fully saturated rings. The maximum atomic E-state index is 12.8. The van der Waals surface area contributed by atoms with Crippen molar-refractivity contribution in [1.29, 1.82) is 0 Å². The van der Waals surface area contributed by atoms with E-state index in [-0.39, 0.29) is 31.1 Å². The first-order chi connectivity index (χ1) is 13.5. The van der Waals surface area contributed by atoms with E-state index in [0.29, 0.717) is 23.1 Å². The van der Waals surface area contributed by atoms with Gasteiger partial charge < -0.3 is 15.2 Å². The summed E-state index contributed by atoms with van der Waals surface area (Å²) in [4.78, 5) is 35.8. The van der Waals surface area contributed by atoms with E-state index in [1.165, 1.54) is 30.6 Å². The molecule has 0 aliphatic heterocycles. The van der Waals surface area contributed by atoms with Crippen LogP contribution in [0.4, 0.5) is 0 Å². The molecule has 7 heteroatoms. The van der Waals surface area contributed by atoms with E-state index in [0.717, 1.165) is 22.9 Å². The Balaban J connectivity index is 1.70. The third-order valence-corrected chi connectivity index (χ3v) is 6.18. The molecule has 0 radical (unpaired) electrons. The van der Waals surface area contributed by atoms with E-state index in [1.807, 2.05) is 24.3 Å². The molecular formula is C21H25NO5S. The fourth-order valence-corrected chi connectivity index (χ4v) is 4.56. The van der Waals surface area contributed by atoms with Crippen LogP contribution in [0.5, 0.6) is 5.75 Å². The van der Waals surface area contributed by atoms with Crippen LogP contribution < -0.4 is 10.1 Å². The third-order valence-electron chi connectivity index (χ3n) is 5.03. The second kappa shape index (κ2) is 9.68. The summed E-state index contributed by atoms with van der Waals surface area (Å²) in [5.41, 5.74) is 0. The third kappa shape index (κ3) is 5.32. The fraction of sp³-hybridized carbons (Fsp3) is 0.476. The number of Topliss-reactive ketones (excluding diaryl/α,β-unsaturated/α-hetero) is 1. The van der Waals surface area contributed by atoms with Crippen LogP contribution in [0.3, 0.4) is 0 Å². The largest absolute Gasteiger partial charge is 0.483 e. The van der Waals surface area contributed by atoms with Crippen molar-refractivity contribution in [2.24, 2.45) is 5.92 Å². The van der Waals surface area contributed by atoms with Crippen LogP contribution in [0.1, 0.15) is 54.6 Å². The lowest BCUT2D eigenvalue weighted by Crippen LogP contribution is -2.30. The highest BCUT2D eigenvalue weighted by Crippen LogP contribution is 2.38. The van der Waals surface area contributed by atoms with Crippen LogP contribution in [-0.2, 0) is 9.59 Å². The molecule has 0 atom stereocenters. The lowest BCUT2D eigenvalue weighted by atomic mass is 9.89. The van der Waals surface area contributed by atoms with Gasteiger partial charge in [0.05, 0.1) is 6.42 Å². The summed E-state index contributed by atoms with van der Waals surface area (Å²) in [6.45, 7) is 0.418. The standard InChI is InChI=1S/C21H25NO5S/c23-15(10-11-18(24)25)13-27-19-16-8-4-5-9-17(16)28-20(19)21(26)22-12-14-6-2-1-3-7-14/h4-5,8-9,14H,1-3,6-7,10-13H2,(H,22,26)(H,24,25). The Morgan fingerprint density at radius 2 is 1.86 bits per heavy atom.